The average Bonchev–Trinajstić information content (AvgIpc) is 3.46. The minimum absolute atomic E-state index is 0.168. The van der Waals surface area contributed by atoms with Crippen molar-refractivity contribution in [2.24, 2.45) is 28.8 Å². The van der Waals surface area contributed by atoms with Gasteiger partial charge in [0.25, 0.3) is 11.8 Å². The number of nitrogens with zero attached hydrogens (tertiary/aromatic N) is 2. The van der Waals surface area contributed by atoms with E-state index < -0.39 is 0 Å². The lowest BCUT2D eigenvalue weighted by Crippen LogP contribution is -2.28. The van der Waals surface area contributed by atoms with E-state index in [1.165, 1.54) is 6.21 Å². The Labute approximate surface area is 185 Å². The van der Waals surface area contributed by atoms with Crippen molar-refractivity contribution >= 4 is 29.6 Å². The second kappa shape index (κ2) is 7.85. The molecule has 2 bridgehead atoms. The number of benzene rings is 2. The van der Waals surface area contributed by atoms with Crippen LogP contribution in [0.25, 0.3) is 0 Å². The number of rotatable bonds is 6. The predicted octanol–water partition coefficient (Wildman–Crippen LogP) is 4.07. The average molecular weight is 437 g/mol. The highest BCUT2D eigenvalue weighted by Gasteiger charge is 2.59. The number of hydrogen-bond donors (Lipinski definition) is 0. The molecule has 158 valence electrons. The van der Waals surface area contributed by atoms with Crippen LogP contribution in [-0.2, 0) is 16.2 Å². The normalized spacial score (nSPS) is 26.2. The minimum Gasteiger partial charge on any atom is -0.493 e. The van der Waals surface area contributed by atoms with Gasteiger partial charge in [-0.1, -0.05) is 42.0 Å². The van der Waals surface area contributed by atoms with E-state index in [2.05, 4.69) is 17.3 Å². The van der Waals surface area contributed by atoms with Gasteiger partial charge in [0.1, 0.15) is 6.61 Å². The molecule has 0 N–H and O–H groups in total. The Kier molecular flexibility index (Phi) is 5.02. The summed E-state index contributed by atoms with van der Waals surface area (Å²) in [6.45, 7) is 0.305. The molecule has 1 heterocycles. The third-order valence-corrected chi connectivity index (χ3v) is 6.67. The van der Waals surface area contributed by atoms with Crippen molar-refractivity contribution in [2.75, 3.05) is 7.11 Å². The molecule has 2 aromatic carbocycles. The van der Waals surface area contributed by atoms with Crippen LogP contribution in [0.2, 0.25) is 5.02 Å². The second-order valence-corrected chi connectivity index (χ2v) is 8.43. The van der Waals surface area contributed by atoms with Crippen molar-refractivity contribution in [3.8, 4) is 11.5 Å². The fourth-order valence-electron chi connectivity index (χ4n) is 4.78. The third kappa shape index (κ3) is 3.41. The Morgan fingerprint density at radius 1 is 1.06 bits per heavy atom. The smallest absolute Gasteiger partial charge is 0.254 e. The van der Waals surface area contributed by atoms with Gasteiger partial charge in [-0.05, 0) is 48.1 Å². The summed E-state index contributed by atoms with van der Waals surface area (Å²) in [6, 6.07) is 12.8. The molecule has 0 radical (unpaired) electrons. The number of fused-ring (bicyclic) bond motifs is 5. The zero-order valence-electron chi connectivity index (χ0n) is 16.9. The Morgan fingerprint density at radius 2 is 1.77 bits per heavy atom. The van der Waals surface area contributed by atoms with E-state index in [1.54, 1.807) is 25.3 Å². The second-order valence-electron chi connectivity index (χ2n) is 8.02. The standard InChI is InChI=1S/C24H21ClN2O4/c1-30-20-10-14(6-9-19(20)31-13-17-4-2-3-5-18(17)25)12-26-27-23(28)21-15-7-8-16(11-15)22(21)24(27)29/h2-10,12,15-16,21-22H,11,13H2,1H3/b26-12-/t15-,16-,21-,22+/m0/s1. The minimum atomic E-state index is -0.255. The van der Waals surface area contributed by atoms with Gasteiger partial charge in [-0.3, -0.25) is 9.59 Å². The van der Waals surface area contributed by atoms with E-state index in [-0.39, 0.29) is 35.5 Å². The van der Waals surface area contributed by atoms with Crippen LogP contribution in [0, 0.1) is 23.7 Å². The van der Waals surface area contributed by atoms with Gasteiger partial charge < -0.3 is 9.47 Å². The topological polar surface area (TPSA) is 68.2 Å². The van der Waals surface area contributed by atoms with Crippen molar-refractivity contribution < 1.29 is 19.1 Å². The highest BCUT2D eigenvalue weighted by molar-refractivity contribution is 6.31. The molecule has 1 aliphatic heterocycles. The van der Waals surface area contributed by atoms with Crippen LogP contribution >= 0.6 is 11.6 Å². The lowest BCUT2D eigenvalue weighted by Gasteiger charge is -2.13. The molecule has 0 spiro atoms. The van der Waals surface area contributed by atoms with Crippen LogP contribution in [0.5, 0.6) is 11.5 Å². The molecule has 1 saturated heterocycles. The van der Waals surface area contributed by atoms with E-state index >= 15 is 0 Å². The summed E-state index contributed by atoms with van der Waals surface area (Å²) in [5.74, 6) is 0.510. The van der Waals surface area contributed by atoms with E-state index in [0.717, 1.165) is 17.0 Å². The van der Waals surface area contributed by atoms with Gasteiger partial charge in [-0.25, -0.2) is 0 Å². The molecule has 2 aliphatic carbocycles. The maximum atomic E-state index is 12.7. The highest BCUT2D eigenvalue weighted by atomic mass is 35.5. The number of hydrogen-bond acceptors (Lipinski definition) is 5. The third-order valence-electron chi connectivity index (χ3n) is 6.30. The molecule has 0 unspecified atom stereocenters. The van der Waals surface area contributed by atoms with Gasteiger partial charge in [-0.15, -0.1) is 0 Å². The number of ether oxygens (including phenoxy) is 2. The molecule has 4 atom stereocenters. The number of allylic oxidation sites excluding steroid dienone is 2. The van der Waals surface area contributed by atoms with Crippen LogP contribution < -0.4 is 9.47 Å². The van der Waals surface area contributed by atoms with Crippen LogP contribution in [-0.4, -0.2) is 30.1 Å². The number of methoxy groups -OCH3 is 1. The molecule has 5 rings (SSSR count). The summed E-state index contributed by atoms with van der Waals surface area (Å²) in [5.41, 5.74) is 1.57. The van der Waals surface area contributed by atoms with Crippen LogP contribution in [0.3, 0.4) is 0 Å². The van der Waals surface area contributed by atoms with E-state index in [9.17, 15) is 9.59 Å². The molecule has 2 aromatic rings. The Morgan fingerprint density at radius 3 is 2.45 bits per heavy atom. The lowest BCUT2D eigenvalue weighted by atomic mass is 9.85. The van der Waals surface area contributed by atoms with Crippen LogP contribution in [0.15, 0.2) is 59.7 Å². The molecular weight excluding hydrogens is 416 g/mol. The van der Waals surface area contributed by atoms with E-state index in [4.69, 9.17) is 21.1 Å². The van der Waals surface area contributed by atoms with Gasteiger partial charge >= 0.3 is 0 Å². The summed E-state index contributed by atoms with van der Waals surface area (Å²) in [5, 5.41) is 5.89. The molecule has 0 aromatic heterocycles. The van der Waals surface area contributed by atoms with Gasteiger partial charge in [0.05, 0.1) is 25.2 Å². The number of amides is 2. The number of halogens is 1. The van der Waals surface area contributed by atoms with Gasteiger partial charge in [-0.2, -0.15) is 10.1 Å². The van der Waals surface area contributed by atoms with E-state index in [0.29, 0.717) is 28.7 Å². The fraction of sp³-hybridized carbons (Fsp3) is 0.292. The lowest BCUT2D eigenvalue weighted by molar-refractivity contribution is -0.140. The summed E-state index contributed by atoms with van der Waals surface area (Å²) in [6.07, 6.45) is 6.54. The maximum absolute atomic E-state index is 12.7. The molecule has 7 heteroatoms. The zero-order chi connectivity index (χ0) is 21.5. The number of carbonyl (C=O) groups excluding carboxylic acids is 2. The predicted molar refractivity (Wildman–Crippen MR) is 116 cm³/mol. The molecule has 3 aliphatic rings. The van der Waals surface area contributed by atoms with E-state index in [1.807, 2.05) is 24.3 Å². The van der Waals surface area contributed by atoms with Crippen molar-refractivity contribution in [1.82, 2.24) is 5.01 Å². The molecule has 2 fully saturated rings. The maximum Gasteiger partial charge on any atom is 0.254 e. The van der Waals surface area contributed by atoms with Crippen molar-refractivity contribution in [2.45, 2.75) is 13.0 Å². The largest absolute Gasteiger partial charge is 0.493 e. The summed E-state index contributed by atoms with van der Waals surface area (Å²) >= 11 is 6.18. The first-order valence-corrected chi connectivity index (χ1v) is 10.6. The number of imide groups is 1. The molecule has 1 saturated carbocycles. The SMILES string of the molecule is COc1cc(/C=N\N2C(=O)[C@@H]3[C@H](C2=O)[C@H]2C=C[C@H]3C2)ccc1OCc1ccccc1Cl. The Hall–Kier alpha value is -3.12. The molecule has 31 heavy (non-hydrogen) atoms. The van der Waals surface area contributed by atoms with Gasteiger partial charge in [0.2, 0.25) is 0 Å². The van der Waals surface area contributed by atoms with Crippen LogP contribution in [0.4, 0.5) is 0 Å². The summed E-state index contributed by atoms with van der Waals surface area (Å²) in [4.78, 5) is 25.5. The zero-order valence-corrected chi connectivity index (χ0v) is 17.7. The highest BCUT2D eigenvalue weighted by Crippen LogP contribution is 2.52. The fourth-order valence-corrected chi connectivity index (χ4v) is 4.97. The first-order valence-electron chi connectivity index (χ1n) is 10.2. The van der Waals surface area contributed by atoms with Crippen molar-refractivity contribution in [3.05, 3.63) is 70.8 Å². The number of hydrazone groups is 1. The monoisotopic (exact) mass is 436 g/mol. The Balaban J connectivity index is 1.30. The van der Waals surface area contributed by atoms with Crippen LogP contribution in [0.1, 0.15) is 17.5 Å². The molecule has 2 amide bonds. The summed E-state index contributed by atoms with van der Waals surface area (Å²) in [7, 11) is 1.55. The first kappa shape index (κ1) is 19.8. The first-order chi connectivity index (χ1) is 15.1. The van der Waals surface area contributed by atoms with Gasteiger partial charge in [0.15, 0.2) is 11.5 Å². The summed E-state index contributed by atoms with van der Waals surface area (Å²) < 4.78 is 11.3. The number of carbonyl (C=O) groups is 2. The van der Waals surface area contributed by atoms with Crippen molar-refractivity contribution in [1.29, 1.82) is 0 Å². The quantitative estimate of drug-likeness (QED) is 0.389. The molecular formula is C24H21ClN2O4. The van der Waals surface area contributed by atoms with Gasteiger partial charge in [0, 0.05) is 10.6 Å². The van der Waals surface area contributed by atoms with Crippen molar-refractivity contribution in [3.63, 3.8) is 0 Å². The molecule has 6 nitrogen and oxygen atoms in total. The Bertz CT molecular complexity index is 1080.